The first-order valence-electron chi connectivity index (χ1n) is 9.33. The Labute approximate surface area is 155 Å². The molecule has 0 atom stereocenters. The molecule has 0 saturated carbocycles. The van der Waals surface area contributed by atoms with Crippen molar-refractivity contribution in [3.8, 4) is 11.5 Å². The Balaban J connectivity index is 1.79. The molecule has 0 aliphatic carbocycles. The minimum absolute atomic E-state index is 0.0954. The molecule has 1 fully saturated rings. The molecular weight excluding hydrogens is 326 g/mol. The van der Waals surface area contributed by atoms with Crippen LogP contribution in [0, 0.1) is 13.8 Å². The van der Waals surface area contributed by atoms with Gasteiger partial charge in [0.2, 0.25) is 0 Å². The highest BCUT2D eigenvalue weighted by Crippen LogP contribution is 2.25. The van der Waals surface area contributed by atoms with E-state index in [9.17, 15) is 4.79 Å². The van der Waals surface area contributed by atoms with Crippen molar-refractivity contribution in [2.75, 3.05) is 19.7 Å². The largest absolute Gasteiger partial charge is 0.493 e. The molecule has 0 radical (unpaired) electrons. The zero-order chi connectivity index (χ0) is 18.5. The summed E-state index contributed by atoms with van der Waals surface area (Å²) in [6, 6.07) is 11.7. The van der Waals surface area contributed by atoms with Gasteiger partial charge >= 0.3 is 0 Å². The molecule has 0 unspecified atom stereocenters. The Morgan fingerprint density at radius 2 is 1.77 bits per heavy atom. The third-order valence-electron chi connectivity index (χ3n) is 4.87. The average Bonchev–Trinajstić information content (AvgIpc) is 3.18. The molecule has 1 aliphatic heterocycles. The number of nitrogens with zero attached hydrogens (tertiary/aromatic N) is 1. The number of rotatable bonds is 6. The van der Waals surface area contributed by atoms with Crippen LogP contribution in [0.25, 0.3) is 0 Å². The van der Waals surface area contributed by atoms with Crippen LogP contribution < -0.4 is 9.47 Å². The number of likely N-dealkylation sites (tertiary alicyclic amines) is 1. The molecular formula is C22H27NO3. The maximum absolute atomic E-state index is 12.7. The number of hydrogen-bond acceptors (Lipinski definition) is 3. The van der Waals surface area contributed by atoms with E-state index in [2.05, 4.69) is 19.9 Å². The molecule has 4 nitrogen and oxygen atoms in total. The van der Waals surface area contributed by atoms with E-state index >= 15 is 0 Å². The van der Waals surface area contributed by atoms with Gasteiger partial charge in [-0.15, -0.1) is 0 Å². The van der Waals surface area contributed by atoms with Crippen molar-refractivity contribution in [1.29, 1.82) is 0 Å². The fourth-order valence-corrected chi connectivity index (χ4v) is 3.19. The minimum Gasteiger partial charge on any atom is -0.493 e. The number of aryl methyl sites for hydroxylation is 2. The summed E-state index contributed by atoms with van der Waals surface area (Å²) >= 11 is 0. The second-order valence-electron chi connectivity index (χ2n) is 6.79. The van der Waals surface area contributed by atoms with Crippen molar-refractivity contribution in [2.45, 2.75) is 40.2 Å². The van der Waals surface area contributed by atoms with Crippen LogP contribution in [0.4, 0.5) is 0 Å². The predicted octanol–water partition coefficient (Wildman–Crippen LogP) is 4.52. The van der Waals surface area contributed by atoms with E-state index in [1.165, 1.54) is 11.1 Å². The molecule has 1 amide bonds. The van der Waals surface area contributed by atoms with Crippen LogP contribution in [0.15, 0.2) is 36.4 Å². The van der Waals surface area contributed by atoms with Crippen LogP contribution in [-0.2, 0) is 6.61 Å². The molecule has 0 aromatic heterocycles. The molecule has 3 rings (SSSR count). The number of carbonyl (C=O) groups is 1. The van der Waals surface area contributed by atoms with Crippen molar-refractivity contribution in [2.24, 2.45) is 0 Å². The van der Waals surface area contributed by atoms with Gasteiger partial charge in [-0.3, -0.25) is 4.79 Å². The Morgan fingerprint density at radius 3 is 2.46 bits per heavy atom. The monoisotopic (exact) mass is 353 g/mol. The molecule has 0 bridgehead atoms. The van der Waals surface area contributed by atoms with Crippen LogP contribution in [0.1, 0.15) is 46.8 Å². The number of hydrogen-bond donors (Lipinski definition) is 0. The minimum atomic E-state index is 0.0954. The lowest BCUT2D eigenvalue weighted by atomic mass is 10.1. The third kappa shape index (κ3) is 4.18. The smallest absolute Gasteiger partial charge is 0.253 e. The lowest BCUT2D eigenvalue weighted by Gasteiger charge is -2.17. The molecule has 138 valence electrons. The molecule has 0 spiro atoms. The summed E-state index contributed by atoms with van der Waals surface area (Å²) in [6.45, 7) is 8.76. The van der Waals surface area contributed by atoms with Gasteiger partial charge < -0.3 is 14.4 Å². The highest BCUT2D eigenvalue weighted by atomic mass is 16.5. The third-order valence-corrected chi connectivity index (χ3v) is 4.87. The summed E-state index contributed by atoms with van der Waals surface area (Å²) in [7, 11) is 0. The molecule has 2 aromatic carbocycles. The number of amides is 1. The molecule has 1 saturated heterocycles. The number of ether oxygens (including phenoxy) is 2. The first-order valence-corrected chi connectivity index (χ1v) is 9.33. The van der Waals surface area contributed by atoms with Crippen LogP contribution >= 0.6 is 0 Å². The van der Waals surface area contributed by atoms with Crippen LogP contribution in [0.5, 0.6) is 11.5 Å². The zero-order valence-electron chi connectivity index (χ0n) is 15.9. The summed E-state index contributed by atoms with van der Waals surface area (Å²) in [5, 5.41) is 0. The van der Waals surface area contributed by atoms with Crippen molar-refractivity contribution in [1.82, 2.24) is 4.90 Å². The lowest BCUT2D eigenvalue weighted by molar-refractivity contribution is 0.0792. The second kappa shape index (κ2) is 8.26. The lowest BCUT2D eigenvalue weighted by Crippen LogP contribution is -2.27. The van der Waals surface area contributed by atoms with E-state index in [0.29, 0.717) is 18.8 Å². The maximum Gasteiger partial charge on any atom is 0.253 e. The molecule has 1 aliphatic rings. The van der Waals surface area contributed by atoms with E-state index in [1.807, 2.05) is 42.2 Å². The normalized spacial score (nSPS) is 13.7. The fourth-order valence-electron chi connectivity index (χ4n) is 3.19. The van der Waals surface area contributed by atoms with Crippen molar-refractivity contribution >= 4 is 5.91 Å². The number of carbonyl (C=O) groups excluding carboxylic acids is 1. The van der Waals surface area contributed by atoms with Gasteiger partial charge in [-0.1, -0.05) is 6.07 Å². The van der Waals surface area contributed by atoms with Crippen molar-refractivity contribution in [3.05, 3.63) is 58.7 Å². The van der Waals surface area contributed by atoms with Gasteiger partial charge in [-0.05, 0) is 75.1 Å². The molecule has 26 heavy (non-hydrogen) atoms. The van der Waals surface area contributed by atoms with Gasteiger partial charge in [0, 0.05) is 24.2 Å². The van der Waals surface area contributed by atoms with Gasteiger partial charge in [0.05, 0.1) is 6.61 Å². The topological polar surface area (TPSA) is 38.8 Å². The van der Waals surface area contributed by atoms with Gasteiger partial charge in [0.1, 0.15) is 18.1 Å². The van der Waals surface area contributed by atoms with E-state index < -0.39 is 0 Å². The van der Waals surface area contributed by atoms with E-state index in [1.54, 1.807) is 0 Å². The van der Waals surface area contributed by atoms with Crippen LogP contribution in [0.3, 0.4) is 0 Å². The van der Waals surface area contributed by atoms with Crippen LogP contribution in [-0.4, -0.2) is 30.5 Å². The molecule has 0 N–H and O–H groups in total. The van der Waals surface area contributed by atoms with Crippen molar-refractivity contribution in [3.63, 3.8) is 0 Å². The quantitative estimate of drug-likeness (QED) is 0.766. The Bertz CT molecular complexity index is 779. The van der Waals surface area contributed by atoms with Gasteiger partial charge in [-0.2, -0.15) is 0 Å². The van der Waals surface area contributed by atoms with E-state index in [0.717, 1.165) is 43.0 Å². The summed E-state index contributed by atoms with van der Waals surface area (Å²) in [5.74, 6) is 1.69. The number of benzene rings is 2. The Morgan fingerprint density at radius 1 is 1.00 bits per heavy atom. The van der Waals surface area contributed by atoms with Crippen LogP contribution in [0.2, 0.25) is 0 Å². The maximum atomic E-state index is 12.7. The zero-order valence-corrected chi connectivity index (χ0v) is 15.9. The van der Waals surface area contributed by atoms with Gasteiger partial charge in [0.15, 0.2) is 0 Å². The van der Waals surface area contributed by atoms with Crippen molar-refractivity contribution < 1.29 is 14.3 Å². The predicted molar refractivity (Wildman–Crippen MR) is 103 cm³/mol. The molecule has 1 heterocycles. The molecule has 4 heteroatoms. The first-order chi connectivity index (χ1) is 12.6. The summed E-state index contributed by atoms with van der Waals surface area (Å²) in [5.41, 5.74) is 4.04. The van der Waals surface area contributed by atoms with E-state index in [4.69, 9.17) is 9.47 Å². The first kappa shape index (κ1) is 18.3. The SMILES string of the molecule is CCOc1ccc(C(=O)N2CCCC2)cc1COc1ccc(C)c(C)c1. The van der Waals surface area contributed by atoms with E-state index in [-0.39, 0.29) is 5.91 Å². The Hall–Kier alpha value is -2.49. The van der Waals surface area contributed by atoms with Gasteiger partial charge in [-0.25, -0.2) is 0 Å². The summed E-state index contributed by atoms with van der Waals surface area (Å²) in [4.78, 5) is 14.6. The summed E-state index contributed by atoms with van der Waals surface area (Å²) in [6.07, 6.45) is 2.18. The molecule has 2 aromatic rings. The van der Waals surface area contributed by atoms with Gasteiger partial charge in [0.25, 0.3) is 5.91 Å². The summed E-state index contributed by atoms with van der Waals surface area (Å²) < 4.78 is 11.7. The average molecular weight is 353 g/mol. The Kier molecular flexibility index (Phi) is 5.82. The second-order valence-corrected chi connectivity index (χ2v) is 6.79. The highest BCUT2D eigenvalue weighted by Gasteiger charge is 2.20. The standard InChI is InChI=1S/C22H27NO3/c1-4-25-21-10-8-18(22(24)23-11-5-6-12-23)14-19(21)15-26-20-9-7-16(2)17(3)13-20/h7-10,13-14H,4-6,11-12,15H2,1-3H3. The highest BCUT2D eigenvalue weighted by molar-refractivity contribution is 5.94. The fraction of sp³-hybridized carbons (Fsp3) is 0.409.